The monoisotopic (exact) mass is 388 g/mol. The Morgan fingerprint density at radius 2 is 1.63 bits per heavy atom. The summed E-state index contributed by atoms with van der Waals surface area (Å²) in [7, 11) is -3.55. The summed E-state index contributed by atoms with van der Waals surface area (Å²) in [6.45, 7) is 5.42. The van der Waals surface area contributed by atoms with Crippen LogP contribution in [0.4, 0.5) is 0 Å². The standard InChI is InChI=1S/C20H24N2O4S/c1-15-3-5-17(6-4-15)16(2)21-20(23)18-7-9-19(10-8-18)27(24,25)22-11-13-26-14-12-22/h3-10,16H,11-14H2,1-2H3,(H,21,23)/t16-/m0/s1. The first kappa shape index (κ1) is 19.5. The van der Waals surface area contributed by atoms with Crippen LogP contribution in [0.2, 0.25) is 0 Å². The average molecular weight is 388 g/mol. The van der Waals surface area contributed by atoms with Crippen molar-refractivity contribution in [2.75, 3.05) is 26.3 Å². The molecule has 27 heavy (non-hydrogen) atoms. The van der Waals surface area contributed by atoms with E-state index < -0.39 is 10.0 Å². The van der Waals surface area contributed by atoms with Gasteiger partial charge >= 0.3 is 0 Å². The third-order valence-electron chi connectivity index (χ3n) is 4.65. The number of hydrogen-bond acceptors (Lipinski definition) is 4. The molecule has 1 atom stereocenters. The molecule has 0 unspecified atom stereocenters. The lowest BCUT2D eigenvalue weighted by Gasteiger charge is -2.26. The molecule has 0 radical (unpaired) electrons. The molecule has 1 aliphatic rings. The summed E-state index contributed by atoms with van der Waals surface area (Å²) in [6, 6.07) is 13.9. The fraction of sp³-hybridized carbons (Fsp3) is 0.350. The molecule has 1 amide bonds. The Morgan fingerprint density at radius 1 is 1.04 bits per heavy atom. The van der Waals surface area contributed by atoms with E-state index in [0.29, 0.717) is 31.9 Å². The molecule has 2 aromatic carbocycles. The van der Waals surface area contributed by atoms with E-state index in [1.54, 1.807) is 12.1 Å². The van der Waals surface area contributed by atoms with E-state index in [0.717, 1.165) is 11.1 Å². The number of benzene rings is 2. The molecule has 144 valence electrons. The smallest absolute Gasteiger partial charge is 0.251 e. The molecule has 1 aliphatic heterocycles. The second-order valence-electron chi connectivity index (χ2n) is 6.65. The highest BCUT2D eigenvalue weighted by atomic mass is 32.2. The second-order valence-corrected chi connectivity index (χ2v) is 8.58. The first-order chi connectivity index (χ1) is 12.9. The topological polar surface area (TPSA) is 75.7 Å². The highest BCUT2D eigenvalue weighted by Gasteiger charge is 2.26. The molecule has 2 aromatic rings. The summed E-state index contributed by atoms with van der Waals surface area (Å²) in [5, 5.41) is 2.94. The van der Waals surface area contributed by atoms with Gasteiger partial charge in [-0.3, -0.25) is 4.79 Å². The van der Waals surface area contributed by atoms with Gasteiger partial charge in [-0.15, -0.1) is 0 Å². The van der Waals surface area contributed by atoms with Crippen molar-refractivity contribution in [3.8, 4) is 0 Å². The molecule has 6 nitrogen and oxygen atoms in total. The molecule has 0 bridgehead atoms. The Morgan fingerprint density at radius 3 is 2.22 bits per heavy atom. The number of nitrogens with zero attached hydrogens (tertiary/aromatic N) is 1. The van der Waals surface area contributed by atoms with E-state index in [1.165, 1.54) is 16.4 Å². The van der Waals surface area contributed by atoms with Gasteiger partial charge in [0.1, 0.15) is 0 Å². The molecule has 0 spiro atoms. The van der Waals surface area contributed by atoms with Crippen molar-refractivity contribution in [1.82, 2.24) is 9.62 Å². The fourth-order valence-electron chi connectivity index (χ4n) is 2.93. The van der Waals surface area contributed by atoms with E-state index in [9.17, 15) is 13.2 Å². The Kier molecular flexibility index (Phi) is 5.94. The Balaban J connectivity index is 1.69. The molecule has 3 rings (SSSR count). The quantitative estimate of drug-likeness (QED) is 0.854. The van der Waals surface area contributed by atoms with Crippen LogP contribution in [0.5, 0.6) is 0 Å². The highest BCUT2D eigenvalue weighted by Crippen LogP contribution is 2.19. The van der Waals surface area contributed by atoms with Crippen molar-refractivity contribution in [3.05, 3.63) is 65.2 Å². The van der Waals surface area contributed by atoms with Crippen molar-refractivity contribution < 1.29 is 17.9 Å². The summed E-state index contributed by atoms with van der Waals surface area (Å²) in [5.74, 6) is -0.238. The molecular formula is C20H24N2O4S. The Hall–Kier alpha value is -2.22. The van der Waals surface area contributed by atoms with E-state index in [4.69, 9.17) is 4.74 Å². The zero-order valence-corrected chi connectivity index (χ0v) is 16.3. The Labute approximate surface area is 160 Å². The van der Waals surface area contributed by atoms with Crippen molar-refractivity contribution in [3.63, 3.8) is 0 Å². The molecule has 1 heterocycles. The van der Waals surface area contributed by atoms with Gasteiger partial charge in [-0.1, -0.05) is 29.8 Å². The van der Waals surface area contributed by atoms with Crippen molar-refractivity contribution in [2.45, 2.75) is 24.8 Å². The molecule has 1 fully saturated rings. The number of rotatable bonds is 5. The van der Waals surface area contributed by atoms with Gasteiger partial charge in [0.25, 0.3) is 5.91 Å². The van der Waals surface area contributed by atoms with Gasteiger partial charge in [0.05, 0.1) is 24.2 Å². The maximum Gasteiger partial charge on any atom is 0.251 e. The van der Waals surface area contributed by atoms with Crippen LogP contribution in [0.3, 0.4) is 0 Å². The SMILES string of the molecule is Cc1ccc([C@H](C)NC(=O)c2ccc(S(=O)(=O)N3CCOCC3)cc2)cc1. The van der Waals surface area contributed by atoms with Crippen molar-refractivity contribution in [1.29, 1.82) is 0 Å². The number of carbonyl (C=O) groups is 1. The van der Waals surface area contributed by atoms with Crippen LogP contribution in [-0.4, -0.2) is 44.9 Å². The average Bonchev–Trinajstić information content (AvgIpc) is 2.69. The molecule has 7 heteroatoms. The predicted molar refractivity (Wildman–Crippen MR) is 103 cm³/mol. The lowest BCUT2D eigenvalue weighted by atomic mass is 10.1. The van der Waals surface area contributed by atoms with Gasteiger partial charge in [-0.25, -0.2) is 8.42 Å². The van der Waals surface area contributed by atoms with Gasteiger partial charge in [-0.05, 0) is 43.7 Å². The molecule has 1 N–H and O–H groups in total. The van der Waals surface area contributed by atoms with Gasteiger partial charge < -0.3 is 10.1 Å². The lowest BCUT2D eigenvalue weighted by Crippen LogP contribution is -2.40. The number of hydrogen-bond donors (Lipinski definition) is 1. The summed E-state index contributed by atoms with van der Waals surface area (Å²) in [4.78, 5) is 12.7. The molecule has 0 saturated carbocycles. The minimum absolute atomic E-state index is 0.144. The minimum atomic E-state index is -3.55. The van der Waals surface area contributed by atoms with Crippen LogP contribution in [0.1, 0.15) is 34.5 Å². The van der Waals surface area contributed by atoms with Crippen LogP contribution >= 0.6 is 0 Å². The maximum absolute atomic E-state index is 12.6. The minimum Gasteiger partial charge on any atom is -0.379 e. The summed E-state index contributed by atoms with van der Waals surface area (Å²) < 4.78 is 31.9. The summed E-state index contributed by atoms with van der Waals surface area (Å²) in [6.07, 6.45) is 0. The third-order valence-corrected chi connectivity index (χ3v) is 6.56. The van der Waals surface area contributed by atoms with E-state index >= 15 is 0 Å². The largest absolute Gasteiger partial charge is 0.379 e. The van der Waals surface area contributed by atoms with E-state index in [1.807, 2.05) is 38.1 Å². The lowest BCUT2D eigenvalue weighted by molar-refractivity contribution is 0.0730. The van der Waals surface area contributed by atoms with Crippen molar-refractivity contribution in [2.24, 2.45) is 0 Å². The van der Waals surface area contributed by atoms with Crippen LogP contribution in [0, 0.1) is 6.92 Å². The molecule has 1 saturated heterocycles. The number of morpholine rings is 1. The molecule has 0 aliphatic carbocycles. The maximum atomic E-state index is 12.6. The normalized spacial score (nSPS) is 16.7. The highest BCUT2D eigenvalue weighted by molar-refractivity contribution is 7.89. The fourth-order valence-corrected chi connectivity index (χ4v) is 4.34. The zero-order chi connectivity index (χ0) is 19.4. The summed E-state index contributed by atoms with van der Waals surface area (Å²) >= 11 is 0. The number of aryl methyl sites for hydroxylation is 1. The van der Waals surface area contributed by atoms with Crippen LogP contribution < -0.4 is 5.32 Å². The van der Waals surface area contributed by atoms with Crippen LogP contribution in [0.15, 0.2) is 53.4 Å². The Bertz CT molecular complexity index is 887. The number of nitrogens with one attached hydrogen (secondary N) is 1. The zero-order valence-electron chi connectivity index (χ0n) is 15.5. The van der Waals surface area contributed by atoms with Gasteiger partial charge in [0.15, 0.2) is 0 Å². The molecular weight excluding hydrogens is 364 g/mol. The third kappa shape index (κ3) is 4.55. The van der Waals surface area contributed by atoms with E-state index in [2.05, 4.69) is 5.32 Å². The van der Waals surface area contributed by atoms with Crippen LogP contribution in [-0.2, 0) is 14.8 Å². The first-order valence-corrected chi connectivity index (χ1v) is 10.4. The van der Waals surface area contributed by atoms with Gasteiger partial charge in [-0.2, -0.15) is 4.31 Å². The van der Waals surface area contributed by atoms with Gasteiger partial charge in [0.2, 0.25) is 10.0 Å². The first-order valence-electron chi connectivity index (χ1n) is 8.93. The predicted octanol–water partition coefficient (Wildman–Crippen LogP) is 2.51. The second kappa shape index (κ2) is 8.21. The van der Waals surface area contributed by atoms with E-state index in [-0.39, 0.29) is 16.8 Å². The number of amides is 1. The number of carbonyl (C=O) groups excluding carboxylic acids is 1. The number of sulfonamides is 1. The summed E-state index contributed by atoms with van der Waals surface area (Å²) in [5.41, 5.74) is 2.60. The van der Waals surface area contributed by atoms with Crippen LogP contribution in [0.25, 0.3) is 0 Å². The molecule has 0 aromatic heterocycles. The van der Waals surface area contributed by atoms with Crippen molar-refractivity contribution >= 4 is 15.9 Å². The van der Waals surface area contributed by atoms with Gasteiger partial charge in [0, 0.05) is 18.7 Å². The number of ether oxygens (including phenoxy) is 1.